The van der Waals surface area contributed by atoms with Crippen molar-refractivity contribution in [2.75, 3.05) is 11.1 Å². The van der Waals surface area contributed by atoms with E-state index in [-0.39, 0.29) is 11.7 Å². The van der Waals surface area contributed by atoms with Crippen LogP contribution in [-0.2, 0) is 0 Å². The van der Waals surface area contributed by atoms with Crippen LogP contribution in [0.1, 0.15) is 10.4 Å². The van der Waals surface area contributed by atoms with Gasteiger partial charge < -0.3 is 11.1 Å². The summed E-state index contributed by atoms with van der Waals surface area (Å²) in [5.41, 5.74) is 7.12. The molecule has 1 amide bonds. The molecule has 18 heavy (non-hydrogen) atoms. The van der Waals surface area contributed by atoms with Gasteiger partial charge in [0.15, 0.2) is 0 Å². The summed E-state index contributed by atoms with van der Waals surface area (Å²) in [6.07, 6.45) is 0. The highest BCUT2D eigenvalue weighted by Crippen LogP contribution is 2.23. The number of nitrogens with two attached hydrogens (primary N) is 1. The smallest absolute Gasteiger partial charge is 0.255 e. The van der Waals surface area contributed by atoms with Crippen molar-refractivity contribution in [3.05, 3.63) is 58.3 Å². The first-order valence-corrected chi connectivity index (χ1v) is 5.97. The predicted octanol–water partition coefficient (Wildman–Crippen LogP) is 3.42. The van der Waals surface area contributed by atoms with E-state index < -0.39 is 0 Å². The van der Waals surface area contributed by atoms with Crippen molar-refractivity contribution in [3.8, 4) is 0 Å². The summed E-state index contributed by atoms with van der Waals surface area (Å²) in [5, 5.41) is 2.67. The fourth-order valence-electron chi connectivity index (χ4n) is 1.44. The maximum Gasteiger partial charge on any atom is 0.255 e. The predicted molar refractivity (Wildman–Crippen MR) is 72.9 cm³/mol. The van der Waals surface area contributed by atoms with Gasteiger partial charge in [-0.1, -0.05) is 15.9 Å². The van der Waals surface area contributed by atoms with Crippen LogP contribution in [-0.4, -0.2) is 5.91 Å². The van der Waals surface area contributed by atoms with Gasteiger partial charge in [0.2, 0.25) is 0 Å². The Hall–Kier alpha value is -1.88. The second-order valence-electron chi connectivity index (χ2n) is 3.69. The molecule has 0 heterocycles. The summed E-state index contributed by atoms with van der Waals surface area (Å²) in [6, 6.07) is 10.5. The number of nitrogen functional groups attached to an aromatic ring is 1. The average Bonchev–Trinajstić information content (AvgIpc) is 2.33. The molecular weight excluding hydrogens is 299 g/mol. The molecule has 0 atom stereocenters. The monoisotopic (exact) mass is 308 g/mol. The summed E-state index contributed by atoms with van der Waals surface area (Å²) in [7, 11) is 0. The molecule has 5 heteroatoms. The first kappa shape index (κ1) is 12.6. The van der Waals surface area contributed by atoms with Gasteiger partial charge in [-0.05, 0) is 42.5 Å². The van der Waals surface area contributed by atoms with E-state index in [1.54, 1.807) is 18.2 Å². The molecule has 3 N–H and O–H groups in total. The van der Waals surface area contributed by atoms with Gasteiger partial charge in [-0.25, -0.2) is 4.39 Å². The van der Waals surface area contributed by atoms with Crippen molar-refractivity contribution < 1.29 is 9.18 Å². The third-order valence-corrected chi connectivity index (χ3v) is 2.86. The van der Waals surface area contributed by atoms with Crippen molar-refractivity contribution in [2.45, 2.75) is 0 Å². The molecule has 2 aromatic carbocycles. The van der Waals surface area contributed by atoms with Crippen LogP contribution in [0.5, 0.6) is 0 Å². The van der Waals surface area contributed by atoms with E-state index in [1.807, 2.05) is 0 Å². The van der Waals surface area contributed by atoms with E-state index in [0.717, 1.165) is 4.47 Å². The zero-order valence-electron chi connectivity index (χ0n) is 9.28. The summed E-state index contributed by atoms with van der Waals surface area (Å²) in [6.45, 7) is 0. The lowest BCUT2D eigenvalue weighted by molar-refractivity contribution is 0.102. The first-order chi connectivity index (χ1) is 8.56. The number of carbonyl (C=O) groups excluding carboxylic acids is 1. The molecule has 0 saturated heterocycles. The molecule has 3 nitrogen and oxygen atoms in total. The lowest BCUT2D eigenvalue weighted by Gasteiger charge is -2.08. The van der Waals surface area contributed by atoms with Gasteiger partial charge in [0.25, 0.3) is 5.91 Å². The van der Waals surface area contributed by atoms with E-state index in [2.05, 4.69) is 21.2 Å². The number of amides is 1. The molecule has 0 aliphatic rings. The van der Waals surface area contributed by atoms with E-state index >= 15 is 0 Å². The fourth-order valence-corrected chi connectivity index (χ4v) is 1.82. The van der Waals surface area contributed by atoms with E-state index in [4.69, 9.17) is 5.73 Å². The number of anilines is 2. The Labute approximate surface area is 112 Å². The number of nitrogens with one attached hydrogen (secondary N) is 1. The molecule has 0 unspecified atom stereocenters. The molecule has 2 aromatic rings. The third-order valence-electron chi connectivity index (χ3n) is 2.37. The minimum atomic E-state index is -0.380. The maximum absolute atomic E-state index is 12.7. The maximum atomic E-state index is 12.7. The van der Waals surface area contributed by atoms with Gasteiger partial charge in [-0.15, -0.1) is 0 Å². The number of benzene rings is 2. The van der Waals surface area contributed by atoms with Gasteiger partial charge in [0.05, 0.1) is 11.4 Å². The molecule has 0 radical (unpaired) electrons. The number of hydrogen-bond acceptors (Lipinski definition) is 2. The molecule has 0 aromatic heterocycles. The SMILES string of the molecule is Nc1cc(Br)ccc1NC(=O)c1ccc(F)cc1. The summed E-state index contributed by atoms with van der Waals surface area (Å²) < 4.78 is 13.6. The largest absolute Gasteiger partial charge is 0.397 e. The minimum Gasteiger partial charge on any atom is -0.397 e. The van der Waals surface area contributed by atoms with Gasteiger partial charge in [0.1, 0.15) is 5.82 Å². The summed E-state index contributed by atoms with van der Waals surface area (Å²) in [5.74, 6) is -0.710. The highest BCUT2D eigenvalue weighted by molar-refractivity contribution is 9.10. The van der Waals surface area contributed by atoms with Gasteiger partial charge in [0, 0.05) is 10.0 Å². The lowest BCUT2D eigenvalue weighted by Crippen LogP contribution is -2.13. The Morgan fingerprint density at radius 2 is 1.83 bits per heavy atom. The Morgan fingerprint density at radius 1 is 1.17 bits per heavy atom. The minimum absolute atomic E-state index is 0.330. The number of halogens is 2. The van der Waals surface area contributed by atoms with Gasteiger partial charge >= 0.3 is 0 Å². The molecule has 0 aliphatic carbocycles. The van der Waals surface area contributed by atoms with Gasteiger partial charge in [-0.2, -0.15) is 0 Å². The second kappa shape index (κ2) is 5.18. The zero-order valence-corrected chi connectivity index (χ0v) is 10.9. The molecule has 0 spiro atoms. The second-order valence-corrected chi connectivity index (χ2v) is 4.61. The van der Waals surface area contributed by atoms with Crippen LogP contribution in [0.4, 0.5) is 15.8 Å². The molecule has 92 valence electrons. The highest BCUT2D eigenvalue weighted by atomic mass is 79.9. The molecule has 0 fully saturated rings. The van der Waals surface area contributed by atoms with Crippen LogP contribution in [0.3, 0.4) is 0 Å². The Morgan fingerprint density at radius 3 is 2.44 bits per heavy atom. The molecule has 0 aliphatic heterocycles. The number of rotatable bonds is 2. The normalized spacial score (nSPS) is 10.1. The number of carbonyl (C=O) groups is 1. The molecular formula is C13H10BrFN2O. The quantitative estimate of drug-likeness (QED) is 0.835. The van der Waals surface area contributed by atoms with Crippen LogP contribution in [0.25, 0.3) is 0 Å². The van der Waals surface area contributed by atoms with Crippen molar-refractivity contribution in [1.29, 1.82) is 0 Å². The fraction of sp³-hybridized carbons (Fsp3) is 0. The Kier molecular flexibility index (Phi) is 3.62. The van der Waals surface area contributed by atoms with E-state index in [9.17, 15) is 9.18 Å². The topological polar surface area (TPSA) is 55.1 Å². The van der Waals surface area contributed by atoms with Crippen molar-refractivity contribution in [2.24, 2.45) is 0 Å². The highest BCUT2D eigenvalue weighted by Gasteiger charge is 2.08. The average molecular weight is 309 g/mol. The summed E-state index contributed by atoms with van der Waals surface area (Å²) in [4.78, 5) is 11.9. The van der Waals surface area contributed by atoms with Gasteiger partial charge in [-0.3, -0.25) is 4.79 Å². The lowest BCUT2D eigenvalue weighted by atomic mass is 10.2. The summed E-state index contributed by atoms with van der Waals surface area (Å²) >= 11 is 3.28. The molecule has 2 rings (SSSR count). The first-order valence-electron chi connectivity index (χ1n) is 5.18. The Balaban J connectivity index is 2.18. The van der Waals surface area contributed by atoms with Crippen molar-refractivity contribution >= 4 is 33.2 Å². The number of hydrogen-bond donors (Lipinski definition) is 2. The standard InChI is InChI=1S/C13H10BrFN2O/c14-9-3-6-12(11(16)7-9)17-13(18)8-1-4-10(15)5-2-8/h1-7H,16H2,(H,17,18). The Bertz CT molecular complexity index is 584. The van der Waals surface area contributed by atoms with Crippen LogP contribution in [0, 0.1) is 5.82 Å². The van der Waals surface area contributed by atoms with Crippen molar-refractivity contribution in [1.82, 2.24) is 0 Å². The zero-order chi connectivity index (χ0) is 13.1. The third kappa shape index (κ3) is 2.87. The van der Waals surface area contributed by atoms with E-state index in [0.29, 0.717) is 16.9 Å². The van der Waals surface area contributed by atoms with Crippen LogP contribution in [0.15, 0.2) is 46.9 Å². The van der Waals surface area contributed by atoms with Crippen LogP contribution >= 0.6 is 15.9 Å². The van der Waals surface area contributed by atoms with Crippen LogP contribution < -0.4 is 11.1 Å². The van der Waals surface area contributed by atoms with Crippen molar-refractivity contribution in [3.63, 3.8) is 0 Å². The molecule has 0 bridgehead atoms. The van der Waals surface area contributed by atoms with E-state index in [1.165, 1.54) is 24.3 Å². The molecule has 0 saturated carbocycles. The van der Waals surface area contributed by atoms with Crippen LogP contribution in [0.2, 0.25) is 0 Å².